The van der Waals surface area contributed by atoms with Gasteiger partial charge in [-0.25, -0.2) is 9.78 Å². The summed E-state index contributed by atoms with van der Waals surface area (Å²) < 4.78 is 28.6. The lowest BCUT2D eigenvalue weighted by atomic mass is 9.87. The number of pyridine rings is 1. The second-order valence-corrected chi connectivity index (χ2v) is 15.9. The summed E-state index contributed by atoms with van der Waals surface area (Å²) in [6.45, 7) is 12.0. The zero-order chi connectivity index (χ0) is 36.3. The Morgan fingerprint density at radius 3 is 2.66 bits per heavy atom. The summed E-state index contributed by atoms with van der Waals surface area (Å²) in [6.07, 6.45) is 9.53. The molecule has 0 aromatic carbocycles. The summed E-state index contributed by atoms with van der Waals surface area (Å²) in [4.78, 5) is 40.2. The van der Waals surface area contributed by atoms with E-state index in [2.05, 4.69) is 28.6 Å². The fourth-order valence-electron chi connectivity index (χ4n) is 5.88. The molecule has 3 aliphatic heterocycles. The van der Waals surface area contributed by atoms with Crippen LogP contribution >= 0.6 is 21.6 Å². The largest absolute Gasteiger partial charge is 0.459 e. The van der Waals surface area contributed by atoms with Gasteiger partial charge in [0.15, 0.2) is 0 Å². The number of carbonyl (C=O) groups excluding carboxylic acids is 3. The van der Waals surface area contributed by atoms with Crippen LogP contribution in [0.2, 0.25) is 0 Å². The van der Waals surface area contributed by atoms with Gasteiger partial charge in [-0.05, 0) is 75.5 Å². The van der Waals surface area contributed by atoms with Gasteiger partial charge in [-0.1, -0.05) is 47.6 Å². The van der Waals surface area contributed by atoms with Crippen molar-refractivity contribution in [3.8, 4) is 0 Å². The van der Waals surface area contributed by atoms with Crippen LogP contribution in [0.5, 0.6) is 0 Å². The molecule has 0 radical (unpaired) electrons. The topological polar surface area (TPSA) is 158 Å². The van der Waals surface area contributed by atoms with Gasteiger partial charge in [0.2, 0.25) is 5.91 Å². The van der Waals surface area contributed by atoms with Crippen molar-refractivity contribution in [3.63, 3.8) is 0 Å². The van der Waals surface area contributed by atoms with Gasteiger partial charge in [0.05, 0.1) is 31.0 Å². The van der Waals surface area contributed by atoms with E-state index < -0.39 is 36.0 Å². The molecule has 1 unspecified atom stereocenters. The van der Waals surface area contributed by atoms with Crippen molar-refractivity contribution < 1.29 is 43.2 Å². The van der Waals surface area contributed by atoms with E-state index in [4.69, 9.17) is 23.7 Å². The molecule has 3 fully saturated rings. The van der Waals surface area contributed by atoms with Gasteiger partial charge in [-0.2, -0.15) is 0 Å². The molecule has 14 heteroatoms. The molecule has 1 aromatic rings. The molecular weight excluding hydrogens is 683 g/mol. The third-order valence-corrected chi connectivity index (χ3v) is 11.5. The summed E-state index contributed by atoms with van der Waals surface area (Å²) in [6, 6.07) is 5.60. The molecule has 0 bridgehead atoms. The Balaban J connectivity index is 1.20. The molecule has 4 heterocycles. The van der Waals surface area contributed by atoms with Crippen molar-refractivity contribution in [1.82, 2.24) is 15.6 Å². The zero-order valence-corrected chi connectivity index (χ0v) is 31.2. The van der Waals surface area contributed by atoms with Gasteiger partial charge < -0.3 is 39.4 Å². The number of rotatable bonds is 15. The van der Waals surface area contributed by atoms with Crippen molar-refractivity contribution in [2.75, 3.05) is 19.8 Å². The first-order valence-corrected chi connectivity index (χ1v) is 19.3. The van der Waals surface area contributed by atoms with Crippen molar-refractivity contribution in [2.24, 2.45) is 5.92 Å². The maximum Gasteiger partial charge on any atom is 0.407 e. The second-order valence-electron chi connectivity index (χ2n) is 13.3. The Bertz CT molecular complexity index is 1370. The number of carbonyl (C=O) groups is 3. The summed E-state index contributed by atoms with van der Waals surface area (Å²) in [5, 5.41) is 17.8. The van der Waals surface area contributed by atoms with Crippen LogP contribution in [0.3, 0.4) is 0 Å². The van der Waals surface area contributed by atoms with E-state index in [9.17, 15) is 19.5 Å². The number of nitrogens with one attached hydrogen (secondary N) is 2. The van der Waals surface area contributed by atoms with Crippen LogP contribution in [-0.2, 0) is 33.3 Å². The Hall–Kier alpha value is -2.88. The Kier molecular flexibility index (Phi) is 15.2. The van der Waals surface area contributed by atoms with Crippen molar-refractivity contribution in [2.45, 2.75) is 119 Å². The molecule has 276 valence electrons. The monoisotopic (exact) mass is 733 g/mol. The lowest BCUT2D eigenvalue weighted by Crippen LogP contribution is -2.52. The highest BCUT2D eigenvalue weighted by Crippen LogP contribution is 2.42. The van der Waals surface area contributed by atoms with E-state index in [1.54, 1.807) is 40.8 Å². The summed E-state index contributed by atoms with van der Waals surface area (Å²) >= 11 is 0. The van der Waals surface area contributed by atoms with Crippen LogP contribution in [0.25, 0.3) is 0 Å². The maximum absolute atomic E-state index is 12.4. The van der Waals surface area contributed by atoms with Gasteiger partial charge in [0.25, 0.3) is 0 Å². The average Bonchev–Trinajstić information content (AvgIpc) is 3.86. The lowest BCUT2D eigenvalue weighted by molar-refractivity contribution is -0.143. The first kappa shape index (κ1) is 39.9. The predicted molar refractivity (Wildman–Crippen MR) is 192 cm³/mol. The first-order chi connectivity index (χ1) is 23.8. The van der Waals surface area contributed by atoms with E-state index in [1.807, 2.05) is 51.1 Å². The number of esters is 1. The average molecular weight is 734 g/mol. The second kappa shape index (κ2) is 19.1. The van der Waals surface area contributed by atoms with Crippen molar-refractivity contribution in [3.05, 3.63) is 60.3 Å². The Morgan fingerprint density at radius 2 is 1.96 bits per heavy atom. The number of allylic oxidation sites excluding steroid dienone is 2. The fraction of sp³-hybridized carbons (Fsp3) is 0.611. The highest BCUT2D eigenvalue weighted by molar-refractivity contribution is 8.76. The number of alkyl carbamates (subject to hydrolysis) is 1. The maximum atomic E-state index is 12.4. The number of amides is 2. The van der Waals surface area contributed by atoms with Crippen molar-refractivity contribution >= 4 is 39.6 Å². The highest BCUT2D eigenvalue weighted by atomic mass is 33.1. The zero-order valence-electron chi connectivity index (χ0n) is 29.6. The quantitative estimate of drug-likeness (QED) is 0.0736. The number of epoxide rings is 1. The van der Waals surface area contributed by atoms with Crippen LogP contribution in [0.1, 0.15) is 60.8 Å². The molecule has 4 rings (SSSR count). The Morgan fingerprint density at radius 1 is 1.18 bits per heavy atom. The molecule has 2 amide bonds. The molecule has 3 saturated heterocycles. The molecular formula is C36H51N3O9S2. The summed E-state index contributed by atoms with van der Waals surface area (Å²) in [5.74, 6) is -0.449. The number of hydrogen-bond donors (Lipinski definition) is 3. The summed E-state index contributed by atoms with van der Waals surface area (Å²) in [5.41, 5.74) is 0.327. The van der Waals surface area contributed by atoms with Gasteiger partial charge in [0.1, 0.15) is 35.5 Å². The van der Waals surface area contributed by atoms with E-state index in [1.165, 1.54) is 13.0 Å². The molecule has 10 atom stereocenters. The fourth-order valence-corrected chi connectivity index (χ4v) is 7.76. The van der Waals surface area contributed by atoms with Gasteiger partial charge in [-0.3, -0.25) is 9.59 Å². The minimum Gasteiger partial charge on any atom is -0.459 e. The van der Waals surface area contributed by atoms with Gasteiger partial charge >= 0.3 is 12.1 Å². The molecule has 50 heavy (non-hydrogen) atoms. The van der Waals surface area contributed by atoms with Gasteiger partial charge in [-0.15, -0.1) is 0 Å². The molecule has 0 aliphatic carbocycles. The van der Waals surface area contributed by atoms with E-state index in [0.717, 1.165) is 17.0 Å². The van der Waals surface area contributed by atoms with Crippen LogP contribution in [0, 0.1) is 5.92 Å². The number of nitrogens with zero attached hydrogens (tertiary/aromatic N) is 1. The third-order valence-electron chi connectivity index (χ3n) is 8.78. The number of hydrogen-bond acceptors (Lipinski definition) is 12. The van der Waals surface area contributed by atoms with Gasteiger partial charge in [0, 0.05) is 37.4 Å². The molecule has 3 aliphatic rings. The predicted octanol–water partition coefficient (Wildman–Crippen LogP) is 4.92. The van der Waals surface area contributed by atoms with Crippen LogP contribution in [-0.4, -0.2) is 101 Å². The first-order valence-electron chi connectivity index (χ1n) is 17.1. The summed E-state index contributed by atoms with van der Waals surface area (Å²) in [7, 11) is 3.13. The molecule has 0 saturated carbocycles. The Labute approximate surface area is 302 Å². The van der Waals surface area contributed by atoms with Crippen LogP contribution in [0.15, 0.2) is 65.4 Å². The van der Waals surface area contributed by atoms with Crippen molar-refractivity contribution in [1.29, 1.82) is 0 Å². The highest BCUT2D eigenvalue weighted by Gasteiger charge is 2.58. The smallest absolute Gasteiger partial charge is 0.407 e. The van der Waals surface area contributed by atoms with Crippen LogP contribution < -0.4 is 10.6 Å². The van der Waals surface area contributed by atoms with E-state index in [0.29, 0.717) is 19.4 Å². The standard InChI is InChI=1S/C36H51N3O9S2/c1-22(10-13-30-23(2)17-29(26(5)47-30)39-32(41)15-12-24(3)46-27(6)40)11-14-31-34(42)36(21-45-36)18-28(48-31)19-38-35(43)44-20-25(4)49-50-33-9-7-8-16-37-33/h7-12,14-16,23-26,28-31,34,42H,13,17-21H2,1-6H3,(H,38,43)(H,39,41)/t23-,24?,25+,26+,28-,29+,30-,31+,34+,36+/m0/s1. The molecule has 3 N–H and O–H groups in total. The molecule has 1 aromatic heterocycles. The molecule has 1 spiro atoms. The van der Waals surface area contributed by atoms with E-state index >= 15 is 0 Å². The minimum atomic E-state index is -0.821. The number of aliphatic hydroxyl groups is 1. The number of aromatic nitrogens is 1. The van der Waals surface area contributed by atoms with Crippen LogP contribution in [0.4, 0.5) is 4.79 Å². The molecule has 12 nitrogen and oxygen atoms in total. The number of ether oxygens (including phenoxy) is 5. The number of aliphatic hydroxyl groups excluding tert-OH is 1. The van der Waals surface area contributed by atoms with E-state index in [-0.39, 0.29) is 54.6 Å². The third kappa shape index (κ3) is 12.7. The SMILES string of the molecule is CC(=O)OC(C)C=CC(=O)N[C@@H]1C[C@H](C)[C@H](CC=C(C)C=C[C@H]2O[C@H](CNC(=O)OC[C@@H](C)SSc3ccccn3)C[C@@]3(CO3)[C@@H]2O)O[C@@H]1C. The lowest BCUT2D eigenvalue weighted by Gasteiger charge is -2.39. The normalized spacial score (nSPS) is 30.9. The minimum absolute atomic E-state index is 0.0166.